The second-order valence-corrected chi connectivity index (χ2v) is 7.27. The molecule has 2 aliphatic rings. The monoisotopic (exact) mass is 404 g/mol. The summed E-state index contributed by atoms with van der Waals surface area (Å²) in [6, 6.07) is 6.50. The minimum absolute atomic E-state index is 0.0966. The number of aliphatic hydroxyl groups excluding tert-OH is 2. The van der Waals surface area contributed by atoms with E-state index in [0.29, 0.717) is 12.5 Å². The molecule has 1 atom stereocenters. The van der Waals surface area contributed by atoms with E-state index in [9.17, 15) is 24.6 Å². The van der Waals surface area contributed by atoms with E-state index >= 15 is 0 Å². The molecule has 1 aliphatic carbocycles. The lowest BCUT2D eigenvalue weighted by Crippen LogP contribution is -2.49. The van der Waals surface area contributed by atoms with Crippen molar-refractivity contribution in [1.82, 2.24) is 10.2 Å². The Morgan fingerprint density at radius 1 is 1.21 bits per heavy atom. The summed E-state index contributed by atoms with van der Waals surface area (Å²) in [5.41, 5.74) is 0.266. The number of aliphatic carboxylic acids is 1. The van der Waals surface area contributed by atoms with Crippen LogP contribution >= 0.6 is 0 Å². The normalized spacial score (nSPS) is 19.3. The van der Waals surface area contributed by atoms with Gasteiger partial charge in [-0.3, -0.25) is 14.4 Å². The van der Waals surface area contributed by atoms with Gasteiger partial charge in [-0.25, -0.2) is 0 Å². The molecule has 9 heteroatoms. The highest BCUT2D eigenvalue weighted by molar-refractivity contribution is 6.19. The smallest absolute Gasteiger partial charge is 0.322 e. The number of amides is 2. The van der Waals surface area contributed by atoms with Crippen LogP contribution in [0.4, 0.5) is 0 Å². The van der Waals surface area contributed by atoms with Crippen LogP contribution in [0, 0.1) is 5.92 Å². The average Bonchev–Trinajstić information content (AvgIpc) is 3.52. The van der Waals surface area contributed by atoms with Crippen molar-refractivity contribution in [2.45, 2.75) is 31.8 Å². The molecule has 1 heterocycles. The van der Waals surface area contributed by atoms with Crippen molar-refractivity contribution in [2.24, 2.45) is 5.92 Å². The third-order valence-electron chi connectivity index (χ3n) is 4.93. The molecule has 156 valence electrons. The SMILES string of the molecule is O=C(O)CNC(=O)C1=C(O)C[C@@H](CO)N(Cc2ccc(OCC3CC3)cc2)C1=O. The first-order valence-electron chi connectivity index (χ1n) is 9.44. The number of nitrogens with one attached hydrogen (secondary N) is 1. The molecule has 4 N–H and O–H groups in total. The largest absolute Gasteiger partial charge is 0.511 e. The van der Waals surface area contributed by atoms with Crippen molar-refractivity contribution < 1.29 is 34.4 Å². The van der Waals surface area contributed by atoms with Gasteiger partial charge in [0.05, 0.1) is 19.3 Å². The van der Waals surface area contributed by atoms with Gasteiger partial charge in [0.1, 0.15) is 23.6 Å². The van der Waals surface area contributed by atoms with Crippen LogP contribution in [-0.4, -0.2) is 63.8 Å². The van der Waals surface area contributed by atoms with Gasteiger partial charge in [0, 0.05) is 13.0 Å². The van der Waals surface area contributed by atoms with E-state index in [2.05, 4.69) is 5.32 Å². The number of carbonyl (C=O) groups excluding carboxylic acids is 2. The standard InChI is InChI=1S/C20H24N2O7/c23-10-14-7-16(24)18(19(27)21-8-17(25)26)20(28)22(14)9-12-3-5-15(6-4-12)29-11-13-1-2-13/h3-6,13-14,23-24H,1-2,7-11H2,(H,21,27)(H,25,26)/t14-/m0/s1. The lowest BCUT2D eigenvalue weighted by Gasteiger charge is -2.35. The number of carboxylic acids is 1. The zero-order valence-corrected chi connectivity index (χ0v) is 15.8. The molecule has 0 aromatic heterocycles. The molecule has 1 aromatic carbocycles. The van der Waals surface area contributed by atoms with Crippen molar-refractivity contribution in [2.75, 3.05) is 19.8 Å². The summed E-state index contributed by atoms with van der Waals surface area (Å²) in [6.45, 7) is -0.248. The van der Waals surface area contributed by atoms with E-state index in [-0.39, 0.29) is 19.6 Å². The van der Waals surface area contributed by atoms with Gasteiger partial charge in [-0.1, -0.05) is 12.1 Å². The van der Waals surface area contributed by atoms with Gasteiger partial charge in [-0.05, 0) is 36.5 Å². The van der Waals surface area contributed by atoms with Crippen LogP contribution in [0.15, 0.2) is 35.6 Å². The number of hydrogen-bond acceptors (Lipinski definition) is 6. The Labute approximate surface area is 167 Å². The van der Waals surface area contributed by atoms with Gasteiger partial charge in [0.15, 0.2) is 0 Å². The number of carbonyl (C=O) groups is 3. The van der Waals surface area contributed by atoms with Crippen molar-refractivity contribution >= 4 is 17.8 Å². The fourth-order valence-electron chi connectivity index (χ4n) is 3.09. The van der Waals surface area contributed by atoms with Crippen molar-refractivity contribution in [3.8, 4) is 5.75 Å². The predicted octanol–water partition coefficient (Wildman–Crippen LogP) is 0.581. The van der Waals surface area contributed by atoms with E-state index in [0.717, 1.165) is 11.3 Å². The fourth-order valence-corrected chi connectivity index (χ4v) is 3.09. The summed E-state index contributed by atoms with van der Waals surface area (Å²) in [4.78, 5) is 36.9. The number of benzene rings is 1. The summed E-state index contributed by atoms with van der Waals surface area (Å²) in [7, 11) is 0. The highest BCUT2D eigenvalue weighted by Gasteiger charge is 2.37. The van der Waals surface area contributed by atoms with Crippen LogP contribution in [0.25, 0.3) is 0 Å². The molecule has 9 nitrogen and oxygen atoms in total. The van der Waals surface area contributed by atoms with Gasteiger partial charge in [0.25, 0.3) is 11.8 Å². The van der Waals surface area contributed by atoms with Crippen LogP contribution < -0.4 is 10.1 Å². The number of hydrogen-bond donors (Lipinski definition) is 4. The van der Waals surface area contributed by atoms with E-state index in [1.807, 2.05) is 0 Å². The first-order valence-corrected chi connectivity index (χ1v) is 9.44. The van der Waals surface area contributed by atoms with Gasteiger partial charge in [-0.15, -0.1) is 0 Å². The van der Waals surface area contributed by atoms with Crippen molar-refractivity contribution in [3.63, 3.8) is 0 Å². The van der Waals surface area contributed by atoms with Crippen LogP contribution in [-0.2, 0) is 20.9 Å². The van der Waals surface area contributed by atoms with Crippen LogP contribution in [0.3, 0.4) is 0 Å². The zero-order chi connectivity index (χ0) is 21.0. The number of aliphatic hydroxyl groups is 2. The molecule has 0 radical (unpaired) electrons. The Morgan fingerprint density at radius 3 is 2.48 bits per heavy atom. The topological polar surface area (TPSA) is 136 Å². The summed E-state index contributed by atoms with van der Waals surface area (Å²) in [5, 5.41) is 30.5. The van der Waals surface area contributed by atoms with Crippen LogP contribution in [0.1, 0.15) is 24.8 Å². The summed E-state index contributed by atoms with van der Waals surface area (Å²) in [5.74, 6) is -2.08. The first-order chi connectivity index (χ1) is 13.9. The highest BCUT2D eigenvalue weighted by atomic mass is 16.5. The fraction of sp³-hybridized carbons (Fsp3) is 0.450. The molecule has 0 saturated heterocycles. The van der Waals surface area contributed by atoms with Gasteiger partial charge < -0.3 is 30.3 Å². The molecule has 3 rings (SSSR count). The highest BCUT2D eigenvalue weighted by Crippen LogP contribution is 2.30. The zero-order valence-electron chi connectivity index (χ0n) is 15.8. The maximum absolute atomic E-state index is 12.8. The molecule has 1 saturated carbocycles. The number of rotatable bonds is 9. The second-order valence-electron chi connectivity index (χ2n) is 7.27. The summed E-state index contributed by atoms with van der Waals surface area (Å²) >= 11 is 0. The molecule has 1 aromatic rings. The third-order valence-corrected chi connectivity index (χ3v) is 4.93. The second kappa shape index (κ2) is 8.95. The average molecular weight is 404 g/mol. The molecule has 1 fully saturated rings. The molecule has 1 aliphatic heterocycles. The minimum atomic E-state index is -1.27. The quantitative estimate of drug-likeness (QED) is 0.442. The van der Waals surface area contributed by atoms with E-state index in [4.69, 9.17) is 9.84 Å². The summed E-state index contributed by atoms with van der Waals surface area (Å²) in [6.07, 6.45) is 2.29. The molecule has 29 heavy (non-hydrogen) atoms. The Bertz CT molecular complexity index is 815. The molecule has 0 unspecified atom stereocenters. The first kappa shape index (κ1) is 20.7. The van der Waals surface area contributed by atoms with Gasteiger partial charge in [-0.2, -0.15) is 0 Å². The lowest BCUT2D eigenvalue weighted by atomic mass is 9.98. The van der Waals surface area contributed by atoms with E-state index in [1.54, 1.807) is 24.3 Å². The maximum Gasteiger partial charge on any atom is 0.322 e. The minimum Gasteiger partial charge on any atom is -0.511 e. The Morgan fingerprint density at radius 2 is 1.90 bits per heavy atom. The maximum atomic E-state index is 12.8. The Kier molecular flexibility index (Phi) is 6.38. The van der Waals surface area contributed by atoms with E-state index < -0.39 is 41.7 Å². The molecule has 0 bridgehead atoms. The predicted molar refractivity (Wildman–Crippen MR) is 101 cm³/mol. The van der Waals surface area contributed by atoms with Crippen LogP contribution in [0.2, 0.25) is 0 Å². The van der Waals surface area contributed by atoms with E-state index in [1.165, 1.54) is 17.7 Å². The molecule has 2 amide bonds. The number of nitrogens with zero attached hydrogens (tertiary/aromatic N) is 1. The van der Waals surface area contributed by atoms with Crippen molar-refractivity contribution in [1.29, 1.82) is 0 Å². The van der Waals surface area contributed by atoms with Crippen molar-refractivity contribution in [3.05, 3.63) is 41.2 Å². The summed E-state index contributed by atoms with van der Waals surface area (Å²) < 4.78 is 5.69. The van der Waals surface area contributed by atoms with Gasteiger partial charge in [0.2, 0.25) is 0 Å². The molecular formula is C20H24N2O7. The van der Waals surface area contributed by atoms with Crippen LogP contribution in [0.5, 0.6) is 5.75 Å². The number of carboxylic acid groups (broad SMARTS) is 1. The molecular weight excluding hydrogens is 380 g/mol. The molecule has 0 spiro atoms. The lowest BCUT2D eigenvalue weighted by molar-refractivity contribution is -0.139. The Balaban J connectivity index is 1.70. The number of ether oxygens (including phenoxy) is 1. The van der Waals surface area contributed by atoms with Gasteiger partial charge >= 0.3 is 5.97 Å². The third kappa shape index (κ3) is 5.26. The Hall–Kier alpha value is -3.07.